The molecule has 0 aliphatic rings. The van der Waals surface area contributed by atoms with Gasteiger partial charge in [-0.1, -0.05) is 25.8 Å². The summed E-state index contributed by atoms with van der Waals surface area (Å²) in [5.41, 5.74) is 2.46. The normalized spacial score (nSPS) is 11.2. The minimum absolute atomic E-state index is 0.00537. The van der Waals surface area contributed by atoms with Crippen LogP contribution in [0.4, 0.5) is 0 Å². The zero-order valence-electron chi connectivity index (χ0n) is 8.42. The van der Waals surface area contributed by atoms with E-state index in [1.54, 1.807) is 12.3 Å². The Hall–Kier alpha value is -1.12. The van der Waals surface area contributed by atoms with E-state index in [1.165, 1.54) is 0 Å². The smallest absolute Gasteiger partial charge is 0.240 e. The predicted octanol–water partition coefficient (Wildman–Crippen LogP) is 2.24. The van der Waals surface area contributed by atoms with E-state index in [0.717, 1.165) is 19.3 Å². The number of hydrogen-bond acceptors (Lipinski definition) is 2. The van der Waals surface area contributed by atoms with Crippen molar-refractivity contribution in [3.05, 3.63) is 12.2 Å². The number of nitrogens with one attached hydrogen (secondary N) is 1. The van der Waals surface area contributed by atoms with Gasteiger partial charge in [-0.2, -0.15) is 5.10 Å². The first-order valence-electron chi connectivity index (χ1n) is 4.74. The number of nitrogens with zero attached hydrogens (tertiary/aromatic N) is 1. The van der Waals surface area contributed by atoms with Gasteiger partial charge in [0.1, 0.15) is 0 Å². The van der Waals surface area contributed by atoms with E-state index < -0.39 is 0 Å². The minimum Gasteiger partial charge on any atom is -0.273 e. The first kappa shape index (κ1) is 11.9. The molecule has 0 unspecified atom stereocenters. The third-order valence-corrected chi connectivity index (χ3v) is 1.55. The number of amides is 1. The summed E-state index contributed by atoms with van der Waals surface area (Å²) in [4.78, 5) is 11.0. The van der Waals surface area contributed by atoms with E-state index in [9.17, 15) is 4.79 Å². The van der Waals surface area contributed by atoms with Crippen LogP contribution in [0.15, 0.2) is 17.3 Å². The van der Waals surface area contributed by atoms with Gasteiger partial charge in [-0.05, 0) is 19.4 Å². The largest absolute Gasteiger partial charge is 0.273 e. The Bertz CT molecular complexity index is 185. The molecule has 1 amide bonds. The molecular formula is C10H18N2O. The van der Waals surface area contributed by atoms with E-state index in [-0.39, 0.29) is 5.91 Å². The van der Waals surface area contributed by atoms with Gasteiger partial charge in [-0.25, -0.2) is 5.43 Å². The molecule has 0 saturated heterocycles. The topological polar surface area (TPSA) is 41.5 Å². The first-order valence-corrected chi connectivity index (χ1v) is 4.74. The fourth-order valence-corrected chi connectivity index (χ4v) is 0.830. The molecule has 0 aliphatic carbocycles. The SMILES string of the molecule is C/C=C/C=N/NC(=O)CCCCC. The second kappa shape index (κ2) is 8.97. The Morgan fingerprint density at radius 2 is 2.23 bits per heavy atom. The van der Waals surface area contributed by atoms with Crippen LogP contribution in [0.5, 0.6) is 0 Å². The van der Waals surface area contributed by atoms with Gasteiger partial charge in [-0.3, -0.25) is 4.79 Å². The van der Waals surface area contributed by atoms with Crippen molar-refractivity contribution in [3.8, 4) is 0 Å². The average molecular weight is 182 g/mol. The van der Waals surface area contributed by atoms with Gasteiger partial charge < -0.3 is 0 Å². The molecule has 1 N–H and O–H groups in total. The molecule has 3 nitrogen and oxygen atoms in total. The standard InChI is InChI=1S/C10H18N2O/c1-3-5-7-8-10(13)12-11-9-6-4-2/h4,6,9H,3,5,7-8H2,1-2H3,(H,12,13)/b6-4+,11-9+. The highest BCUT2D eigenvalue weighted by atomic mass is 16.2. The maximum Gasteiger partial charge on any atom is 0.240 e. The van der Waals surface area contributed by atoms with E-state index >= 15 is 0 Å². The molecule has 0 aromatic heterocycles. The zero-order valence-corrected chi connectivity index (χ0v) is 8.42. The fourth-order valence-electron chi connectivity index (χ4n) is 0.830. The number of hydrazone groups is 1. The van der Waals surface area contributed by atoms with Crippen molar-refractivity contribution in [2.45, 2.75) is 39.5 Å². The lowest BCUT2D eigenvalue weighted by Crippen LogP contribution is -2.16. The number of carbonyl (C=O) groups excluding carboxylic acids is 1. The summed E-state index contributed by atoms with van der Waals surface area (Å²) < 4.78 is 0. The maximum atomic E-state index is 11.0. The van der Waals surface area contributed by atoms with Crippen LogP contribution in [0.3, 0.4) is 0 Å². The van der Waals surface area contributed by atoms with E-state index in [0.29, 0.717) is 6.42 Å². The molecule has 0 bridgehead atoms. The summed E-state index contributed by atoms with van der Waals surface area (Å²) in [6.45, 7) is 4.01. The van der Waals surface area contributed by atoms with Crippen LogP contribution in [0.1, 0.15) is 39.5 Å². The Morgan fingerprint density at radius 1 is 1.46 bits per heavy atom. The Balaban J connectivity index is 3.40. The first-order chi connectivity index (χ1) is 6.31. The molecule has 0 aromatic carbocycles. The van der Waals surface area contributed by atoms with Gasteiger partial charge in [0.05, 0.1) is 0 Å². The summed E-state index contributed by atoms with van der Waals surface area (Å²) in [6.07, 6.45) is 8.94. The molecule has 0 aliphatic heterocycles. The molecule has 0 fully saturated rings. The Kier molecular flexibility index (Phi) is 8.20. The van der Waals surface area contributed by atoms with Crippen LogP contribution in [-0.4, -0.2) is 12.1 Å². The average Bonchev–Trinajstić information content (AvgIpc) is 2.13. The second-order valence-electron chi connectivity index (χ2n) is 2.80. The van der Waals surface area contributed by atoms with Crippen LogP contribution in [0, 0.1) is 0 Å². The summed E-state index contributed by atoms with van der Waals surface area (Å²) in [5.74, 6) is -0.00537. The molecule has 0 rings (SSSR count). The highest BCUT2D eigenvalue weighted by Gasteiger charge is 1.96. The molecule has 0 aromatic rings. The quantitative estimate of drug-likeness (QED) is 0.382. The highest BCUT2D eigenvalue weighted by Crippen LogP contribution is 1.97. The molecule has 13 heavy (non-hydrogen) atoms. The Morgan fingerprint density at radius 3 is 2.85 bits per heavy atom. The lowest BCUT2D eigenvalue weighted by molar-refractivity contribution is -0.121. The second-order valence-corrected chi connectivity index (χ2v) is 2.80. The van der Waals surface area contributed by atoms with E-state index in [4.69, 9.17) is 0 Å². The number of allylic oxidation sites excluding steroid dienone is 2. The van der Waals surface area contributed by atoms with Crippen molar-refractivity contribution in [1.82, 2.24) is 5.43 Å². The van der Waals surface area contributed by atoms with Gasteiger partial charge in [0.25, 0.3) is 0 Å². The van der Waals surface area contributed by atoms with Crippen molar-refractivity contribution in [2.24, 2.45) is 5.10 Å². The lowest BCUT2D eigenvalue weighted by Gasteiger charge is -1.97. The molecule has 74 valence electrons. The predicted molar refractivity (Wildman–Crippen MR) is 55.6 cm³/mol. The van der Waals surface area contributed by atoms with Crippen LogP contribution >= 0.6 is 0 Å². The summed E-state index contributed by atoms with van der Waals surface area (Å²) >= 11 is 0. The molecule has 0 heterocycles. The molecule has 0 atom stereocenters. The number of rotatable bonds is 6. The van der Waals surface area contributed by atoms with Crippen molar-refractivity contribution < 1.29 is 4.79 Å². The number of hydrogen-bond donors (Lipinski definition) is 1. The summed E-state index contributed by atoms with van der Waals surface area (Å²) in [7, 11) is 0. The van der Waals surface area contributed by atoms with Gasteiger partial charge in [0.15, 0.2) is 0 Å². The highest BCUT2D eigenvalue weighted by molar-refractivity contribution is 5.78. The third kappa shape index (κ3) is 8.79. The number of carbonyl (C=O) groups is 1. The van der Waals surface area contributed by atoms with Crippen molar-refractivity contribution in [3.63, 3.8) is 0 Å². The molecule has 0 spiro atoms. The van der Waals surface area contributed by atoms with Gasteiger partial charge in [-0.15, -0.1) is 0 Å². The van der Waals surface area contributed by atoms with Gasteiger partial charge in [0, 0.05) is 12.6 Å². The third-order valence-electron chi connectivity index (χ3n) is 1.55. The fraction of sp³-hybridized carbons (Fsp3) is 0.600. The molecule has 0 radical (unpaired) electrons. The monoisotopic (exact) mass is 182 g/mol. The molecule has 0 saturated carbocycles. The van der Waals surface area contributed by atoms with Crippen LogP contribution < -0.4 is 5.43 Å². The van der Waals surface area contributed by atoms with Crippen molar-refractivity contribution in [2.75, 3.05) is 0 Å². The van der Waals surface area contributed by atoms with Crippen LogP contribution in [0.25, 0.3) is 0 Å². The number of unbranched alkanes of at least 4 members (excludes halogenated alkanes) is 2. The van der Waals surface area contributed by atoms with Gasteiger partial charge >= 0.3 is 0 Å². The molecular weight excluding hydrogens is 164 g/mol. The van der Waals surface area contributed by atoms with E-state index in [2.05, 4.69) is 17.5 Å². The maximum absolute atomic E-state index is 11.0. The van der Waals surface area contributed by atoms with Crippen molar-refractivity contribution >= 4 is 12.1 Å². The zero-order chi connectivity index (χ0) is 9.94. The summed E-state index contributed by atoms with van der Waals surface area (Å²) in [6, 6.07) is 0. The lowest BCUT2D eigenvalue weighted by atomic mass is 10.2. The van der Waals surface area contributed by atoms with Gasteiger partial charge in [0.2, 0.25) is 5.91 Å². The summed E-state index contributed by atoms with van der Waals surface area (Å²) in [5, 5.41) is 3.73. The van der Waals surface area contributed by atoms with Crippen molar-refractivity contribution in [1.29, 1.82) is 0 Å². The van der Waals surface area contributed by atoms with E-state index in [1.807, 2.05) is 13.0 Å². The Labute approximate surface area is 79.9 Å². The molecule has 3 heteroatoms. The van der Waals surface area contributed by atoms with Crippen LogP contribution in [0.2, 0.25) is 0 Å². The minimum atomic E-state index is -0.00537. The van der Waals surface area contributed by atoms with Crippen LogP contribution in [-0.2, 0) is 4.79 Å².